The number of carbonyl (C=O) groups excluding carboxylic acids is 2. The highest BCUT2D eigenvalue weighted by atomic mass is 16.5. The Balaban J connectivity index is 2.60. The Morgan fingerprint density at radius 3 is 2.05 bits per heavy atom. The molecule has 22 heavy (non-hydrogen) atoms. The fourth-order valence-electron chi connectivity index (χ4n) is 2.55. The molecule has 1 heterocycles. The van der Waals surface area contributed by atoms with Crippen LogP contribution in [0, 0.1) is 13.8 Å². The highest BCUT2D eigenvalue weighted by molar-refractivity contribution is 5.98. The fourth-order valence-corrected chi connectivity index (χ4v) is 2.55. The minimum Gasteiger partial charge on any atom is -0.466 e. The highest BCUT2D eigenvalue weighted by Crippen LogP contribution is 2.36. The van der Waals surface area contributed by atoms with Crippen molar-refractivity contribution in [1.29, 1.82) is 0 Å². The molecule has 0 saturated heterocycles. The van der Waals surface area contributed by atoms with Gasteiger partial charge in [-0.2, -0.15) is 0 Å². The van der Waals surface area contributed by atoms with E-state index in [-0.39, 0.29) is 0 Å². The topological polar surface area (TPSA) is 64.6 Å². The zero-order chi connectivity index (χ0) is 16.3. The lowest BCUT2D eigenvalue weighted by atomic mass is 9.81. The van der Waals surface area contributed by atoms with Gasteiger partial charge in [-0.1, -0.05) is 23.8 Å². The first-order chi connectivity index (χ1) is 10.5. The Morgan fingerprint density at radius 1 is 1.00 bits per heavy atom. The van der Waals surface area contributed by atoms with Crippen LogP contribution in [0.3, 0.4) is 0 Å². The summed E-state index contributed by atoms with van der Waals surface area (Å²) in [5.41, 5.74) is 3.67. The summed E-state index contributed by atoms with van der Waals surface area (Å²) in [5.74, 6) is -1.47. The van der Waals surface area contributed by atoms with Crippen molar-refractivity contribution in [1.82, 2.24) is 5.32 Å². The number of methoxy groups -OCH3 is 2. The van der Waals surface area contributed by atoms with Crippen LogP contribution in [-0.4, -0.2) is 26.2 Å². The maximum atomic E-state index is 12.1. The third kappa shape index (κ3) is 2.88. The number of rotatable bonds is 3. The van der Waals surface area contributed by atoms with E-state index in [9.17, 15) is 9.59 Å². The van der Waals surface area contributed by atoms with Gasteiger partial charge in [-0.05, 0) is 25.0 Å². The number of hydrogen-bond acceptors (Lipinski definition) is 5. The molecule has 0 fully saturated rings. The van der Waals surface area contributed by atoms with Gasteiger partial charge in [0.15, 0.2) is 0 Å². The summed E-state index contributed by atoms with van der Waals surface area (Å²) in [6, 6.07) is 5.93. The average Bonchev–Trinajstić information content (AvgIpc) is 2.54. The van der Waals surface area contributed by atoms with Gasteiger partial charge in [0.2, 0.25) is 0 Å². The number of ether oxygens (including phenoxy) is 2. The molecule has 0 bridgehead atoms. The maximum absolute atomic E-state index is 12.1. The number of esters is 2. The van der Waals surface area contributed by atoms with Gasteiger partial charge in [-0.3, -0.25) is 0 Å². The number of hydrogen-bond donors (Lipinski definition) is 1. The van der Waals surface area contributed by atoms with Crippen molar-refractivity contribution in [2.24, 2.45) is 0 Å². The Morgan fingerprint density at radius 2 is 1.55 bits per heavy atom. The number of aryl methyl sites for hydroxylation is 2. The third-order valence-electron chi connectivity index (χ3n) is 3.69. The molecule has 1 aliphatic rings. The second-order valence-electron chi connectivity index (χ2n) is 5.14. The van der Waals surface area contributed by atoms with Crippen LogP contribution >= 0.6 is 0 Å². The summed E-state index contributed by atoms with van der Waals surface area (Å²) in [5, 5.41) is 2.82. The summed E-state index contributed by atoms with van der Waals surface area (Å²) >= 11 is 0. The lowest BCUT2D eigenvalue weighted by Crippen LogP contribution is -2.26. The van der Waals surface area contributed by atoms with Crippen LogP contribution in [0.2, 0.25) is 0 Å². The number of benzene rings is 1. The minimum atomic E-state index is -0.513. The van der Waals surface area contributed by atoms with Gasteiger partial charge in [-0.25, -0.2) is 9.59 Å². The van der Waals surface area contributed by atoms with Crippen LogP contribution in [0.4, 0.5) is 0 Å². The Kier molecular flexibility index (Phi) is 4.65. The fraction of sp³-hybridized carbons (Fsp3) is 0.294. The molecule has 0 aromatic heterocycles. The van der Waals surface area contributed by atoms with E-state index >= 15 is 0 Å². The smallest absolute Gasteiger partial charge is 0.336 e. The molecule has 1 aromatic rings. The first-order valence-electron chi connectivity index (χ1n) is 6.89. The van der Waals surface area contributed by atoms with Crippen molar-refractivity contribution < 1.29 is 19.1 Å². The molecule has 0 saturated carbocycles. The lowest BCUT2D eigenvalue weighted by Gasteiger charge is -2.26. The maximum Gasteiger partial charge on any atom is 0.336 e. The molecule has 0 atom stereocenters. The zero-order valence-electron chi connectivity index (χ0n) is 13.1. The molecule has 1 aliphatic heterocycles. The van der Waals surface area contributed by atoms with Gasteiger partial charge in [0.05, 0.1) is 31.3 Å². The van der Waals surface area contributed by atoms with E-state index in [2.05, 4.69) is 5.32 Å². The quantitative estimate of drug-likeness (QED) is 0.866. The minimum absolute atomic E-state index is 0.374. The van der Waals surface area contributed by atoms with Crippen LogP contribution in [0.15, 0.2) is 41.7 Å². The predicted octanol–water partition coefficient (Wildman–Crippen LogP) is 2.10. The largest absolute Gasteiger partial charge is 0.466 e. The molecule has 0 radical (unpaired) electrons. The van der Waals surface area contributed by atoms with Crippen molar-refractivity contribution in [3.63, 3.8) is 0 Å². The Labute approximate surface area is 129 Å². The van der Waals surface area contributed by atoms with Crippen LogP contribution < -0.4 is 5.32 Å². The van der Waals surface area contributed by atoms with Crippen LogP contribution in [-0.2, 0) is 19.1 Å². The van der Waals surface area contributed by atoms with E-state index < -0.39 is 17.9 Å². The van der Waals surface area contributed by atoms with Gasteiger partial charge in [0.25, 0.3) is 0 Å². The Hall–Kier alpha value is -2.56. The van der Waals surface area contributed by atoms with Crippen molar-refractivity contribution in [2.45, 2.75) is 19.8 Å². The molecule has 0 amide bonds. The van der Waals surface area contributed by atoms with Crippen LogP contribution in [0.5, 0.6) is 0 Å². The molecule has 1 N–H and O–H groups in total. The molecule has 0 spiro atoms. The van der Waals surface area contributed by atoms with Crippen molar-refractivity contribution in [3.05, 3.63) is 58.4 Å². The Bertz CT molecular complexity index is 641. The van der Waals surface area contributed by atoms with E-state index in [1.165, 1.54) is 14.2 Å². The standard InChI is InChI=1S/C17H19NO4/c1-10-5-6-11(2)12(7-10)15-13(16(19)21-3)8-18-9-14(15)17(20)22-4/h5-9,15,18H,1-4H3. The monoisotopic (exact) mass is 301 g/mol. The second-order valence-corrected chi connectivity index (χ2v) is 5.14. The zero-order valence-corrected chi connectivity index (χ0v) is 13.1. The van der Waals surface area contributed by atoms with Gasteiger partial charge >= 0.3 is 11.9 Å². The molecule has 5 nitrogen and oxygen atoms in total. The van der Waals surface area contributed by atoms with Crippen molar-refractivity contribution in [3.8, 4) is 0 Å². The number of dihydropyridines is 1. The van der Waals surface area contributed by atoms with E-state index in [1.54, 1.807) is 12.4 Å². The van der Waals surface area contributed by atoms with E-state index in [0.717, 1.165) is 16.7 Å². The summed E-state index contributed by atoms with van der Waals surface area (Å²) in [4.78, 5) is 24.2. The molecular weight excluding hydrogens is 282 g/mol. The second kappa shape index (κ2) is 6.47. The SMILES string of the molecule is COC(=O)C1=CNC=C(C(=O)OC)C1c1cc(C)ccc1C. The van der Waals surface area contributed by atoms with Crippen LogP contribution in [0.25, 0.3) is 0 Å². The molecule has 116 valence electrons. The molecule has 1 aromatic carbocycles. The summed E-state index contributed by atoms with van der Waals surface area (Å²) in [6.45, 7) is 3.91. The average molecular weight is 301 g/mol. The van der Waals surface area contributed by atoms with Gasteiger partial charge in [0.1, 0.15) is 0 Å². The molecule has 0 aliphatic carbocycles. The van der Waals surface area contributed by atoms with Crippen molar-refractivity contribution >= 4 is 11.9 Å². The predicted molar refractivity (Wildman–Crippen MR) is 82.0 cm³/mol. The molecule has 2 rings (SSSR count). The molecule has 0 unspecified atom stereocenters. The normalized spacial score (nSPS) is 14.5. The first-order valence-corrected chi connectivity index (χ1v) is 6.89. The summed E-state index contributed by atoms with van der Waals surface area (Å²) in [7, 11) is 2.64. The van der Waals surface area contributed by atoms with E-state index in [0.29, 0.717) is 11.1 Å². The van der Waals surface area contributed by atoms with E-state index in [1.807, 2.05) is 32.0 Å². The summed E-state index contributed by atoms with van der Waals surface area (Å²) < 4.78 is 9.69. The van der Waals surface area contributed by atoms with Gasteiger partial charge < -0.3 is 14.8 Å². The lowest BCUT2D eigenvalue weighted by molar-refractivity contribution is -0.137. The van der Waals surface area contributed by atoms with E-state index in [4.69, 9.17) is 9.47 Å². The number of nitrogens with one attached hydrogen (secondary N) is 1. The molecule has 5 heteroatoms. The first kappa shape index (κ1) is 15.8. The third-order valence-corrected chi connectivity index (χ3v) is 3.69. The number of carbonyl (C=O) groups is 2. The van der Waals surface area contributed by atoms with Crippen molar-refractivity contribution in [2.75, 3.05) is 14.2 Å². The van der Waals surface area contributed by atoms with Crippen LogP contribution in [0.1, 0.15) is 22.6 Å². The highest BCUT2D eigenvalue weighted by Gasteiger charge is 2.34. The molecular formula is C17H19NO4. The summed E-state index contributed by atoms with van der Waals surface area (Å²) in [6.07, 6.45) is 3.12. The van der Waals surface area contributed by atoms with Gasteiger partial charge in [0, 0.05) is 12.4 Å². The van der Waals surface area contributed by atoms with Gasteiger partial charge in [-0.15, -0.1) is 0 Å².